The van der Waals surface area contributed by atoms with E-state index in [2.05, 4.69) is 20.6 Å². The van der Waals surface area contributed by atoms with Crippen molar-refractivity contribution in [3.63, 3.8) is 0 Å². The SMILES string of the molecule is Cc1ccc(Nc2cnc(C(=O)NCc3ccccc3F)cn2)cc1. The van der Waals surface area contributed by atoms with Crippen LogP contribution in [-0.2, 0) is 6.54 Å². The molecule has 0 unspecified atom stereocenters. The number of anilines is 2. The van der Waals surface area contributed by atoms with Crippen molar-refractivity contribution < 1.29 is 9.18 Å². The van der Waals surface area contributed by atoms with Crippen LogP contribution < -0.4 is 10.6 Å². The maximum Gasteiger partial charge on any atom is 0.271 e. The fourth-order valence-corrected chi connectivity index (χ4v) is 2.20. The molecule has 0 aliphatic heterocycles. The third kappa shape index (κ3) is 4.38. The van der Waals surface area contributed by atoms with Gasteiger partial charge in [-0.3, -0.25) is 4.79 Å². The summed E-state index contributed by atoms with van der Waals surface area (Å²) >= 11 is 0. The van der Waals surface area contributed by atoms with E-state index in [1.54, 1.807) is 18.2 Å². The van der Waals surface area contributed by atoms with E-state index < -0.39 is 5.91 Å². The Hall–Kier alpha value is -3.28. The van der Waals surface area contributed by atoms with Crippen LogP contribution in [0.2, 0.25) is 0 Å². The van der Waals surface area contributed by atoms with Crippen LogP contribution in [0.3, 0.4) is 0 Å². The highest BCUT2D eigenvalue weighted by Gasteiger charge is 2.09. The summed E-state index contributed by atoms with van der Waals surface area (Å²) < 4.78 is 13.5. The standard InChI is InChI=1S/C19H17FN4O/c1-13-6-8-15(9-7-13)24-18-12-21-17(11-22-18)19(25)23-10-14-4-2-3-5-16(14)20/h2-9,11-12H,10H2,1H3,(H,22,24)(H,23,25). The van der Waals surface area contributed by atoms with Crippen molar-refractivity contribution in [3.05, 3.63) is 83.6 Å². The minimum Gasteiger partial charge on any atom is -0.346 e. The molecule has 0 aliphatic carbocycles. The first kappa shape index (κ1) is 16.6. The molecule has 3 aromatic rings. The maximum atomic E-state index is 13.5. The molecule has 25 heavy (non-hydrogen) atoms. The lowest BCUT2D eigenvalue weighted by Crippen LogP contribution is -2.24. The van der Waals surface area contributed by atoms with Crippen molar-refractivity contribution in [3.8, 4) is 0 Å². The monoisotopic (exact) mass is 336 g/mol. The number of hydrogen-bond donors (Lipinski definition) is 2. The molecule has 0 atom stereocenters. The molecule has 2 N–H and O–H groups in total. The summed E-state index contributed by atoms with van der Waals surface area (Å²) in [6.45, 7) is 2.11. The number of benzene rings is 2. The Morgan fingerprint density at radius 2 is 1.80 bits per heavy atom. The van der Waals surface area contributed by atoms with Crippen LogP contribution in [0.15, 0.2) is 60.9 Å². The van der Waals surface area contributed by atoms with Crippen LogP contribution in [0.25, 0.3) is 0 Å². The van der Waals surface area contributed by atoms with Gasteiger partial charge in [0.15, 0.2) is 0 Å². The van der Waals surface area contributed by atoms with Crippen molar-refractivity contribution in [1.82, 2.24) is 15.3 Å². The summed E-state index contributed by atoms with van der Waals surface area (Å²) in [7, 11) is 0. The van der Waals surface area contributed by atoms with E-state index in [1.807, 2.05) is 31.2 Å². The van der Waals surface area contributed by atoms with Gasteiger partial charge in [-0.2, -0.15) is 0 Å². The highest BCUT2D eigenvalue weighted by Crippen LogP contribution is 2.14. The van der Waals surface area contributed by atoms with Gasteiger partial charge in [0.1, 0.15) is 17.3 Å². The van der Waals surface area contributed by atoms with E-state index in [1.165, 1.54) is 24.0 Å². The molecule has 5 nitrogen and oxygen atoms in total. The van der Waals surface area contributed by atoms with E-state index in [9.17, 15) is 9.18 Å². The highest BCUT2D eigenvalue weighted by atomic mass is 19.1. The quantitative estimate of drug-likeness (QED) is 0.747. The van der Waals surface area contributed by atoms with E-state index in [0.29, 0.717) is 11.4 Å². The fraction of sp³-hybridized carbons (Fsp3) is 0.105. The lowest BCUT2D eigenvalue weighted by atomic mass is 10.2. The van der Waals surface area contributed by atoms with Gasteiger partial charge in [-0.1, -0.05) is 35.9 Å². The molecule has 0 aliphatic rings. The summed E-state index contributed by atoms with van der Waals surface area (Å²) in [5, 5.41) is 5.74. The summed E-state index contributed by atoms with van der Waals surface area (Å²) in [5.74, 6) is -0.223. The second-order valence-corrected chi connectivity index (χ2v) is 5.55. The van der Waals surface area contributed by atoms with E-state index in [-0.39, 0.29) is 18.1 Å². The number of rotatable bonds is 5. The normalized spacial score (nSPS) is 10.3. The number of nitrogens with zero attached hydrogens (tertiary/aromatic N) is 2. The Kier molecular flexibility index (Phi) is 4.99. The zero-order chi connectivity index (χ0) is 17.6. The number of hydrogen-bond acceptors (Lipinski definition) is 4. The highest BCUT2D eigenvalue weighted by molar-refractivity contribution is 5.92. The summed E-state index contributed by atoms with van der Waals surface area (Å²) in [6, 6.07) is 14.1. The van der Waals surface area contributed by atoms with Crippen LogP contribution >= 0.6 is 0 Å². The molecule has 3 rings (SSSR count). The number of halogens is 1. The lowest BCUT2D eigenvalue weighted by Gasteiger charge is -2.07. The zero-order valence-corrected chi connectivity index (χ0v) is 13.7. The Labute approximate surface area is 145 Å². The zero-order valence-electron chi connectivity index (χ0n) is 13.7. The molecule has 126 valence electrons. The molecule has 6 heteroatoms. The van der Waals surface area contributed by atoms with Crippen molar-refractivity contribution in [2.45, 2.75) is 13.5 Å². The molecule has 0 saturated carbocycles. The molecular formula is C19H17FN4O. The molecule has 0 radical (unpaired) electrons. The molecule has 0 bridgehead atoms. The average molecular weight is 336 g/mol. The predicted octanol–water partition coefficient (Wildman–Crippen LogP) is 3.60. The predicted molar refractivity (Wildman–Crippen MR) is 94.1 cm³/mol. The van der Waals surface area contributed by atoms with Gasteiger partial charge in [-0.25, -0.2) is 14.4 Å². The minimum absolute atomic E-state index is 0.0938. The third-order valence-corrected chi connectivity index (χ3v) is 3.61. The topological polar surface area (TPSA) is 66.9 Å². The third-order valence-electron chi connectivity index (χ3n) is 3.61. The number of nitrogens with one attached hydrogen (secondary N) is 2. The van der Waals surface area contributed by atoms with Crippen LogP contribution in [0.1, 0.15) is 21.6 Å². The van der Waals surface area contributed by atoms with Crippen molar-refractivity contribution >= 4 is 17.4 Å². The van der Waals surface area contributed by atoms with Gasteiger partial charge in [0.05, 0.1) is 12.4 Å². The Morgan fingerprint density at radius 1 is 1.04 bits per heavy atom. The fourth-order valence-electron chi connectivity index (χ4n) is 2.20. The number of amides is 1. The molecule has 1 amide bonds. The number of carbonyl (C=O) groups is 1. The average Bonchev–Trinajstić information content (AvgIpc) is 2.63. The molecule has 0 saturated heterocycles. The van der Waals surface area contributed by atoms with Crippen LogP contribution in [0.5, 0.6) is 0 Å². The Bertz CT molecular complexity index is 863. The maximum absolute atomic E-state index is 13.5. The molecule has 1 aromatic heterocycles. The van der Waals surface area contributed by atoms with E-state index in [4.69, 9.17) is 0 Å². The second kappa shape index (κ2) is 7.53. The van der Waals surface area contributed by atoms with E-state index in [0.717, 1.165) is 5.69 Å². The van der Waals surface area contributed by atoms with Gasteiger partial charge in [-0.15, -0.1) is 0 Å². The molecule has 0 spiro atoms. The number of carbonyl (C=O) groups excluding carboxylic acids is 1. The first-order chi connectivity index (χ1) is 12.1. The van der Waals surface area contributed by atoms with Gasteiger partial charge >= 0.3 is 0 Å². The lowest BCUT2D eigenvalue weighted by molar-refractivity contribution is 0.0945. The second-order valence-electron chi connectivity index (χ2n) is 5.55. The van der Waals surface area contributed by atoms with Gasteiger partial charge in [0.2, 0.25) is 0 Å². The van der Waals surface area contributed by atoms with Gasteiger partial charge in [0.25, 0.3) is 5.91 Å². The van der Waals surface area contributed by atoms with Crippen LogP contribution in [0, 0.1) is 12.7 Å². The van der Waals surface area contributed by atoms with Gasteiger partial charge in [0, 0.05) is 17.8 Å². The molecule has 0 fully saturated rings. The first-order valence-electron chi connectivity index (χ1n) is 7.79. The van der Waals surface area contributed by atoms with Crippen molar-refractivity contribution in [2.24, 2.45) is 0 Å². The van der Waals surface area contributed by atoms with E-state index >= 15 is 0 Å². The largest absolute Gasteiger partial charge is 0.346 e. The smallest absolute Gasteiger partial charge is 0.271 e. The summed E-state index contributed by atoms with van der Waals surface area (Å²) in [6.07, 6.45) is 2.87. The summed E-state index contributed by atoms with van der Waals surface area (Å²) in [5.41, 5.74) is 2.64. The number of aromatic nitrogens is 2. The minimum atomic E-state index is -0.405. The van der Waals surface area contributed by atoms with Crippen molar-refractivity contribution in [2.75, 3.05) is 5.32 Å². The van der Waals surface area contributed by atoms with Gasteiger partial charge in [-0.05, 0) is 25.1 Å². The first-order valence-corrected chi connectivity index (χ1v) is 7.79. The van der Waals surface area contributed by atoms with Crippen LogP contribution in [0.4, 0.5) is 15.9 Å². The summed E-state index contributed by atoms with van der Waals surface area (Å²) in [4.78, 5) is 20.4. The Morgan fingerprint density at radius 3 is 2.48 bits per heavy atom. The number of aryl methyl sites for hydroxylation is 1. The Balaban J connectivity index is 1.60. The van der Waals surface area contributed by atoms with Gasteiger partial charge < -0.3 is 10.6 Å². The molecular weight excluding hydrogens is 319 g/mol. The van der Waals surface area contributed by atoms with Crippen molar-refractivity contribution in [1.29, 1.82) is 0 Å². The molecule has 2 aromatic carbocycles. The van der Waals surface area contributed by atoms with Crippen LogP contribution in [-0.4, -0.2) is 15.9 Å². The molecule has 1 heterocycles.